The minimum absolute atomic E-state index is 0.435. The summed E-state index contributed by atoms with van der Waals surface area (Å²) in [5, 5.41) is 0. The number of nitrogens with zero attached hydrogens (tertiary/aromatic N) is 1. The van der Waals surface area contributed by atoms with Crippen molar-refractivity contribution in [3.05, 3.63) is 23.8 Å². The van der Waals surface area contributed by atoms with E-state index in [4.69, 9.17) is 15.2 Å². The molecule has 2 heterocycles. The summed E-state index contributed by atoms with van der Waals surface area (Å²) in [5.74, 6) is 1.83. The van der Waals surface area contributed by atoms with Gasteiger partial charge in [0.1, 0.15) is 13.2 Å². The quantitative estimate of drug-likeness (QED) is 0.881. The highest BCUT2D eigenvalue weighted by Gasteiger charge is 2.29. The van der Waals surface area contributed by atoms with Gasteiger partial charge < -0.3 is 15.2 Å². The smallest absolute Gasteiger partial charge is 0.166 e. The number of hydrogen-bond donors (Lipinski definition) is 1. The molecule has 2 N–H and O–H groups in total. The Hall–Kier alpha value is -1.26. The lowest BCUT2D eigenvalue weighted by atomic mass is 10.0. The average molecular weight is 248 g/mol. The third-order valence-electron chi connectivity index (χ3n) is 3.74. The molecule has 0 radical (unpaired) electrons. The van der Waals surface area contributed by atoms with Crippen LogP contribution in [0.2, 0.25) is 0 Å². The molecule has 0 aromatic heterocycles. The second-order valence-electron chi connectivity index (χ2n) is 4.85. The minimum Gasteiger partial charge on any atom is -0.486 e. The molecule has 1 aromatic rings. The van der Waals surface area contributed by atoms with Crippen LogP contribution in [-0.4, -0.2) is 37.7 Å². The molecule has 2 aliphatic rings. The maximum Gasteiger partial charge on any atom is 0.166 e. The van der Waals surface area contributed by atoms with E-state index in [1.807, 2.05) is 6.07 Å². The lowest BCUT2D eigenvalue weighted by Gasteiger charge is -2.28. The zero-order valence-electron chi connectivity index (χ0n) is 10.6. The molecule has 2 aliphatic heterocycles. The van der Waals surface area contributed by atoms with Crippen molar-refractivity contribution in [2.45, 2.75) is 18.9 Å². The van der Waals surface area contributed by atoms with Gasteiger partial charge in [0, 0.05) is 24.7 Å². The largest absolute Gasteiger partial charge is 0.486 e. The molecule has 0 saturated carbocycles. The molecule has 0 bridgehead atoms. The van der Waals surface area contributed by atoms with Gasteiger partial charge in [0.2, 0.25) is 0 Å². The first-order valence-corrected chi connectivity index (χ1v) is 6.73. The Morgan fingerprint density at radius 3 is 3.06 bits per heavy atom. The zero-order chi connectivity index (χ0) is 12.4. The van der Waals surface area contributed by atoms with Crippen LogP contribution in [0.1, 0.15) is 24.4 Å². The van der Waals surface area contributed by atoms with E-state index in [0.717, 1.165) is 24.6 Å². The molecule has 1 fully saturated rings. The first-order chi connectivity index (χ1) is 8.90. The van der Waals surface area contributed by atoms with Gasteiger partial charge in [-0.3, -0.25) is 4.90 Å². The maximum atomic E-state index is 5.81. The van der Waals surface area contributed by atoms with Crippen molar-refractivity contribution in [3.63, 3.8) is 0 Å². The molecule has 18 heavy (non-hydrogen) atoms. The Labute approximate surface area is 108 Å². The van der Waals surface area contributed by atoms with E-state index in [9.17, 15) is 0 Å². The van der Waals surface area contributed by atoms with Crippen LogP contribution < -0.4 is 15.2 Å². The molecule has 1 saturated heterocycles. The van der Waals surface area contributed by atoms with Crippen LogP contribution in [0.15, 0.2) is 18.2 Å². The van der Waals surface area contributed by atoms with E-state index in [1.165, 1.54) is 18.4 Å². The van der Waals surface area contributed by atoms with Gasteiger partial charge in [0.25, 0.3) is 0 Å². The summed E-state index contributed by atoms with van der Waals surface area (Å²) in [6, 6.07) is 6.64. The van der Waals surface area contributed by atoms with Gasteiger partial charge in [0.05, 0.1) is 0 Å². The minimum atomic E-state index is 0.435. The molecule has 0 spiro atoms. The van der Waals surface area contributed by atoms with Crippen LogP contribution in [0.25, 0.3) is 0 Å². The Morgan fingerprint density at radius 1 is 1.28 bits per heavy atom. The van der Waals surface area contributed by atoms with Crippen LogP contribution in [0.5, 0.6) is 11.5 Å². The van der Waals surface area contributed by atoms with Crippen molar-refractivity contribution >= 4 is 0 Å². The van der Waals surface area contributed by atoms with E-state index in [2.05, 4.69) is 17.0 Å². The van der Waals surface area contributed by atoms with Crippen molar-refractivity contribution < 1.29 is 9.47 Å². The Balaban J connectivity index is 1.91. The van der Waals surface area contributed by atoms with E-state index in [0.29, 0.717) is 25.8 Å². The van der Waals surface area contributed by atoms with E-state index >= 15 is 0 Å². The Bertz CT molecular complexity index is 422. The van der Waals surface area contributed by atoms with Gasteiger partial charge in [-0.05, 0) is 25.5 Å². The highest BCUT2D eigenvalue weighted by Crippen LogP contribution is 2.42. The fourth-order valence-electron chi connectivity index (χ4n) is 2.97. The van der Waals surface area contributed by atoms with Crippen molar-refractivity contribution in [1.29, 1.82) is 0 Å². The molecule has 3 rings (SSSR count). The van der Waals surface area contributed by atoms with Crippen LogP contribution >= 0.6 is 0 Å². The number of ether oxygens (including phenoxy) is 2. The average Bonchev–Trinajstić information content (AvgIpc) is 2.87. The highest BCUT2D eigenvalue weighted by molar-refractivity contribution is 5.49. The van der Waals surface area contributed by atoms with Gasteiger partial charge >= 0.3 is 0 Å². The van der Waals surface area contributed by atoms with Crippen LogP contribution in [0.4, 0.5) is 0 Å². The van der Waals surface area contributed by atoms with Crippen molar-refractivity contribution in [1.82, 2.24) is 4.90 Å². The second kappa shape index (κ2) is 5.16. The second-order valence-corrected chi connectivity index (χ2v) is 4.85. The first kappa shape index (κ1) is 11.8. The van der Waals surface area contributed by atoms with Gasteiger partial charge in [-0.1, -0.05) is 12.1 Å². The highest BCUT2D eigenvalue weighted by atomic mass is 16.6. The standard InChI is InChI=1S/C14H20N2O2/c15-6-8-16-7-2-4-12(16)11-3-1-5-13-14(11)18-10-9-17-13/h1,3,5,12H,2,4,6-10,15H2. The predicted molar refractivity (Wildman–Crippen MR) is 70.0 cm³/mol. The Kier molecular flexibility index (Phi) is 3.39. The molecule has 1 atom stereocenters. The van der Waals surface area contributed by atoms with Gasteiger partial charge in [-0.2, -0.15) is 0 Å². The van der Waals surface area contributed by atoms with Gasteiger partial charge in [0.15, 0.2) is 11.5 Å². The third kappa shape index (κ3) is 2.06. The number of rotatable bonds is 3. The molecule has 0 amide bonds. The van der Waals surface area contributed by atoms with E-state index < -0.39 is 0 Å². The SMILES string of the molecule is NCCN1CCCC1c1cccc2c1OCCO2. The van der Waals surface area contributed by atoms with Gasteiger partial charge in [-0.15, -0.1) is 0 Å². The lowest BCUT2D eigenvalue weighted by molar-refractivity contribution is 0.164. The first-order valence-electron chi connectivity index (χ1n) is 6.73. The van der Waals surface area contributed by atoms with Crippen molar-refractivity contribution in [2.75, 3.05) is 32.8 Å². The molecule has 0 aliphatic carbocycles. The lowest BCUT2D eigenvalue weighted by Crippen LogP contribution is -2.29. The van der Waals surface area contributed by atoms with Gasteiger partial charge in [-0.25, -0.2) is 0 Å². The number of para-hydroxylation sites is 1. The molecule has 1 unspecified atom stereocenters. The fourth-order valence-corrected chi connectivity index (χ4v) is 2.97. The molecular formula is C14H20N2O2. The number of benzene rings is 1. The summed E-state index contributed by atoms with van der Waals surface area (Å²) in [5.41, 5.74) is 6.95. The number of nitrogens with two attached hydrogens (primary N) is 1. The van der Waals surface area contributed by atoms with Crippen LogP contribution in [0, 0.1) is 0 Å². The fraction of sp³-hybridized carbons (Fsp3) is 0.571. The number of hydrogen-bond acceptors (Lipinski definition) is 4. The summed E-state index contributed by atoms with van der Waals surface area (Å²) < 4.78 is 11.5. The Morgan fingerprint density at radius 2 is 2.17 bits per heavy atom. The number of fused-ring (bicyclic) bond motifs is 1. The van der Waals surface area contributed by atoms with E-state index in [-0.39, 0.29) is 0 Å². The third-order valence-corrected chi connectivity index (χ3v) is 3.74. The summed E-state index contributed by atoms with van der Waals surface area (Å²) in [4.78, 5) is 2.45. The van der Waals surface area contributed by atoms with Crippen molar-refractivity contribution in [3.8, 4) is 11.5 Å². The molecular weight excluding hydrogens is 228 g/mol. The molecule has 4 heteroatoms. The topological polar surface area (TPSA) is 47.7 Å². The molecule has 4 nitrogen and oxygen atoms in total. The maximum absolute atomic E-state index is 5.81. The summed E-state index contributed by atoms with van der Waals surface area (Å²) in [6.45, 7) is 4.09. The summed E-state index contributed by atoms with van der Waals surface area (Å²) in [7, 11) is 0. The van der Waals surface area contributed by atoms with Crippen LogP contribution in [0.3, 0.4) is 0 Å². The molecule has 1 aromatic carbocycles. The number of likely N-dealkylation sites (tertiary alicyclic amines) is 1. The van der Waals surface area contributed by atoms with Crippen LogP contribution in [-0.2, 0) is 0 Å². The predicted octanol–water partition coefficient (Wildman–Crippen LogP) is 1.55. The molecule has 98 valence electrons. The normalized spacial score (nSPS) is 23.3. The monoisotopic (exact) mass is 248 g/mol. The van der Waals surface area contributed by atoms with Crippen molar-refractivity contribution in [2.24, 2.45) is 5.73 Å². The summed E-state index contributed by atoms with van der Waals surface area (Å²) in [6.07, 6.45) is 2.41. The van der Waals surface area contributed by atoms with E-state index in [1.54, 1.807) is 0 Å². The zero-order valence-corrected chi connectivity index (χ0v) is 10.6. The summed E-state index contributed by atoms with van der Waals surface area (Å²) >= 11 is 0.